The Balaban J connectivity index is 2.27. The van der Waals surface area contributed by atoms with E-state index < -0.39 is 22.0 Å². The maximum absolute atomic E-state index is 12.7. The van der Waals surface area contributed by atoms with E-state index in [9.17, 15) is 13.2 Å². The molecular formula is C18H19Cl2NO5S. The van der Waals surface area contributed by atoms with Crippen molar-refractivity contribution in [2.24, 2.45) is 0 Å². The van der Waals surface area contributed by atoms with Crippen molar-refractivity contribution in [3.05, 3.63) is 58.1 Å². The highest BCUT2D eigenvalue weighted by atomic mass is 35.5. The van der Waals surface area contributed by atoms with Crippen LogP contribution < -0.4 is 9.46 Å². The van der Waals surface area contributed by atoms with Gasteiger partial charge in [0.05, 0.1) is 28.7 Å². The highest BCUT2D eigenvalue weighted by Gasteiger charge is 2.27. The first-order valence-corrected chi connectivity index (χ1v) is 10.3. The van der Waals surface area contributed by atoms with Crippen LogP contribution in [0.3, 0.4) is 0 Å². The zero-order valence-electron chi connectivity index (χ0n) is 14.7. The van der Waals surface area contributed by atoms with E-state index in [1.165, 1.54) is 18.2 Å². The summed E-state index contributed by atoms with van der Waals surface area (Å²) >= 11 is 11.7. The number of nitrogens with one attached hydrogen (secondary N) is 1. The van der Waals surface area contributed by atoms with Crippen molar-refractivity contribution in [2.75, 3.05) is 13.7 Å². The van der Waals surface area contributed by atoms with Crippen LogP contribution in [0.5, 0.6) is 5.75 Å². The van der Waals surface area contributed by atoms with Crippen LogP contribution in [0.2, 0.25) is 10.0 Å². The largest absolute Gasteiger partial charge is 0.497 e. The highest BCUT2D eigenvalue weighted by molar-refractivity contribution is 7.89. The summed E-state index contributed by atoms with van der Waals surface area (Å²) in [6.07, 6.45) is 0.114. The van der Waals surface area contributed by atoms with Crippen molar-refractivity contribution in [3.8, 4) is 5.75 Å². The van der Waals surface area contributed by atoms with Gasteiger partial charge in [-0.05, 0) is 49.2 Å². The molecule has 1 N–H and O–H groups in total. The number of halogens is 2. The number of methoxy groups -OCH3 is 1. The van der Waals surface area contributed by atoms with Crippen LogP contribution in [0.1, 0.15) is 12.5 Å². The monoisotopic (exact) mass is 431 g/mol. The summed E-state index contributed by atoms with van der Waals surface area (Å²) < 4.78 is 37.8. The van der Waals surface area contributed by atoms with Gasteiger partial charge in [-0.2, -0.15) is 4.72 Å². The number of hydrogen-bond donors (Lipinski definition) is 1. The fourth-order valence-electron chi connectivity index (χ4n) is 2.31. The Morgan fingerprint density at radius 2 is 1.78 bits per heavy atom. The maximum atomic E-state index is 12.7. The van der Waals surface area contributed by atoms with Gasteiger partial charge in [0.1, 0.15) is 11.8 Å². The van der Waals surface area contributed by atoms with Crippen molar-refractivity contribution >= 4 is 39.2 Å². The molecule has 0 aliphatic carbocycles. The van der Waals surface area contributed by atoms with Crippen LogP contribution in [-0.4, -0.2) is 34.1 Å². The van der Waals surface area contributed by atoms with Gasteiger partial charge in [-0.3, -0.25) is 4.79 Å². The van der Waals surface area contributed by atoms with Gasteiger partial charge in [-0.15, -0.1) is 0 Å². The third-order valence-corrected chi connectivity index (χ3v) is 5.88. The number of sulfonamides is 1. The number of benzene rings is 2. The lowest BCUT2D eigenvalue weighted by molar-refractivity contribution is -0.145. The Labute approximate surface area is 168 Å². The molecule has 1 unspecified atom stereocenters. The van der Waals surface area contributed by atoms with E-state index in [1.54, 1.807) is 38.3 Å². The number of carbonyl (C=O) groups excluding carboxylic acids is 1. The first-order chi connectivity index (χ1) is 12.8. The molecule has 6 nitrogen and oxygen atoms in total. The first-order valence-electron chi connectivity index (χ1n) is 8.03. The van der Waals surface area contributed by atoms with Crippen molar-refractivity contribution in [1.82, 2.24) is 4.72 Å². The molecule has 27 heavy (non-hydrogen) atoms. The molecule has 1 atom stereocenters. The molecule has 146 valence electrons. The maximum Gasteiger partial charge on any atom is 0.324 e. The zero-order valence-corrected chi connectivity index (χ0v) is 17.1. The Kier molecular flexibility index (Phi) is 7.49. The van der Waals surface area contributed by atoms with Gasteiger partial charge in [0.25, 0.3) is 0 Å². The lowest BCUT2D eigenvalue weighted by atomic mass is 10.1. The van der Waals surface area contributed by atoms with Gasteiger partial charge in [0, 0.05) is 0 Å². The van der Waals surface area contributed by atoms with E-state index >= 15 is 0 Å². The quantitative estimate of drug-likeness (QED) is 0.647. The van der Waals surface area contributed by atoms with Crippen LogP contribution in [0.4, 0.5) is 0 Å². The minimum atomic E-state index is -4.01. The summed E-state index contributed by atoms with van der Waals surface area (Å²) in [5.74, 6) is -0.0141. The van der Waals surface area contributed by atoms with Gasteiger partial charge in [0.2, 0.25) is 10.0 Å². The van der Waals surface area contributed by atoms with Crippen molar-refractivity contribution in [2.45, 2.75) is 24.3 Å². The second-order valence-electron chi connectivity index (χ2n) is 5.55. The van der Waals surface area contributed by atoms with Crippen molar-refractivity contribution in [3.63, 3.8) is 0 Å². The minimum Gasteiger partial charge on any atom is -0.497 e. The average Bonchev–Trinajstić information content (AvgIpc) is 2.64. The number of esters is 1. The summed E-state index contributed by atoms with van der Waals surface area (Å²) in [5.41, 5.74) is 0.741. The summed E-state index contributed by atoms with van der Waals surface area (Å²) in [5, 5.41) is 0.332. The lowest BCUT2D eigenvalue weighted by Crippen LogP contribution is -2.43. The van der Waals surface area contributed by atoms with Crippen LogP contribution in [0.15, 0.2) is 47.4 Å². The summed E-state index contributed by atoms with van der Waals surface area (Å²) in [7, 11) is -2.47. The second kappa shape index (κ2) is 9.41. The molecule has 0 fully saturated rings. The van der Waals surface area contributed by atoms with E-state index in [4.69, 9.17) is 32.7 Å². The Morgan fingerprint density at radius 3 is 2.33 bits per heavy atom. The number of ether oxygens (including phenoxy) is 2. The van der Waals surface area contributed by atoms with E-state index in [2.05, 4.69) is 4.72 Å². The Morgan fingerprint density at radius 1 is 1.11 bits per heavy atom. The Bertz CT molecular complexity index is 900. The topological polar surface area (TPSA) is 81.7 Å². The van der Waals surface area contributed by atoms with Crippen LogP contribution >= 0.6 is 23.2 Å². The molecule has 2 rings (SSSR count). The molecule has 0 radical (unpaired) electrons. The molecule has 0 aliphatic heterocycles. The fraction of sp³-hybridized carbons (Fsp3) is 0.278. The van der Waals surface area contributed by atoms with Crippen LogP contribution in [-0.2, 0) is 26.0 Å². The van der Waals surface area contributed by atoms with Gasteiger partial charge in [0.15, 0.2) is 0 Å². The molecule has 0 bridgehead atoms. The highest BCUT2D eigenvalue weighted by Crippen LogP contribution is 2.25. The summed E-state index contributed by atoms with van der Waals surface area (Å²) in [6, 6.07) is 9.76. The molecule has 2 aromatic rings. The molecule has 0 saturated carbocycles. The fourth-order valence-corrected chi connectivity index (χ4v) is 3.89. The molecule has 0 aliphatic rings. The first kappa shape index (κ1) is 21.5. The minimum absolute atomic E-state index is 0.0964. The van der Waals surface area contributed by atoms with Crippen LogP contribution in [0, 0.1) is 0 Å². The molecule has 2 aromatic carbocycles. The molecule has 0 saturated heterocycles. The number of rotatable bonds is 8. The number of carbonyl (C=O) groups is 1. The Hall–Kier alpha value is -1.80. The van der Waals surface area contributed by atoms with Crippen molar-refractivity contribution < 1.29 is 22.7 Å². The van der Waals surface area contributed by atoms with Gasteiger partial charge >= 0.3 is 5.97 Å². The van der Waals surface area contributed by atoms with Crippen LogP contribution in [0.25, 0.3) is 0 Å². The van der Waals surface area contributed by atoms with Gasteiger partial charge in [-0.25, -0.2) is 8.42 Å². The average molecular weight is 432 g/mol. The predicted octanol–water partition coefficient (Wildman–Crippen LogP) is 3.45. The SMILES string of the molecule is CCOC(=O)C(Cc1ccc(OC)cc1)NS(=O)(=O)c1ccc(Cl)c(Cl)c1. The molecule has 0 spiro atoms. The van der Waals surface area contributed by atoms with E-state index in [0.717, 1.165) is 5.56 Å². The molecule has 0 heterocycles. The third-order valence-electron chi connectivity index (χ3n) is 3.67. The summed E-state index contributed by atoms with van der Waals surface area (Å²) in [4.78, 5) is 12.2. The summed E-state index contributed by atoms with van der Waals surface area (Å²) in [6.45, 7) is 1.78. The van der Waals surface area contributed by atoms with Gasteiger partial charge < -0.3 is 9.47 Å². The molecule has 0 amide bonds. The molecule has 0 aromatic heterocycles. The molecular weight excluding hydrogens is 413 g/mol. The van der Waals surface area contributed by atoms with E-state index in [0.29, 0.717) is 5.75 Å². The molecule has 9 heteroatoms. The standard InChI is InChI=1S/C18H19Cl2NO5S/c1-3-26-18(22)17(10-12-4-6-13(25-2)7-5-12)21-27(23,24)14-8-9-15(19)16(20)11-14/h4-9,11,17,21H,3,10H2,1-2H3. The van der Waals surface area contributed by atoms with Gasteiger partial charge in [-0.1, -0.05) is 35.3 Å². The lowest BCUT2D eigenvalue weighted by Gasteiger charge is -2.18. The van der Waals surface area contributed by atoms with E-state index in [1.807, 2.05) is 0 Å². The smallest absolute Gasteiger partial charge is 0.324 e. The van der Waals surface area contributed by atoms with Crippen molar-refractivity contribution in [1.29, 1.82) is 0 Å². The zero-order chi connectivity index (χ0) is 20.0. The number of hydrogen-bond acceptors (Lipinski definition) is 5. The normalized spacial score (nSPS) is 12.4. The predicted molar refractivity (Wildman–Crippen MR) is 104 cm³/mol. The third kappa shape index (κ3) is 5.84. The second-order valence-corrected chi connectivity index (χ2v) is 8.08. The van der Waals surface area contributed by atoms with E-state index in [-0.39, 0.29) is 28.0 Å².